The SMILES string of the molecule is CC(C)(C)OC(=O)c1cnn(-c2nc(C#N)cc(Nc3ccccc3)n2)c1N. The highest BCUT2D eigenvalue weighted by Gasteiger charge is 2.23. The van der Waals surface area contributed by atoms with E-state index in [0.29, 0.717) is 5.82 Å². The molecule has 0 saturated heterocycles. The molecule has 0 atom stereocenters. The molecule has 2 aromatic heterocycles. The van der Waals surface area contributed by atoms with E-state index in [1.165, 1.54) is 16.9 Å². The number of esters is 1. The molecule has 0 fully saturated rings. The van der Waals surface area contributed by atoms with Crippen molar-refractivity contribution in [3.63, 3.8) is 0 Å². The molecule has 0 amide bonds. The van der Waals surface area contributed by atoms with Gasteiger partial charge in [-0.15, -0.1) is 0 Å². The van der Waals surface area contributed by atoms with Crippen LogP contribution in [0.15, 0.2) is 42.6 Å². The van der Waals surface area contributed by atoms with Crippen molar-refractivity contribution in [2.45, 2.75) is 26.4 Å². The molecule has 2 heterocycles. The fourth-order valence-corrected chi connectivity index (χ4v) is 2.33. The first-order valence-electron chi connectivity index (χ1n) is 8.45. The Morgan fingerprint density at radius 1 is 1.25 bits per heavy atom. The van der Waals surface area contributed by atoms with Crippen molar-refractivity contribution in [3.8, 4) is 12.0 Å². The van der Waals surface area contributed by atoms with Crippen LogP contribution in [0, 0.1) is 11.3 Å². The predicted octanol–water partition coefficient (Wildman–Crippen LogP) is 2.82. The lowest BCUT2D eigenvalue weighted by Gasteiger charge is -2.19. The van der Waals surface area contributed by atoms with Crippen molar-refractivity contribution < 1.29 is 9.53 Å². The number of nitrogens with one attached hydrogen (secondary N) is 1. The molecule has 0 aliphatic heterocycles. The Hall–Kier alpha value is -3.93. The van der Waals surface area contributed by atoms with Crippen LogP contribution in [0.5, 0.6) is 0 Å². The third-order valence-electron chi connectivity index (χ3n) is 3.49. The molecule has 3 rings (SSSR count). The molecule has 0 aliphatic rings. The van der Waals surface area contributed by atoms with Crippen molar-refractivity contribution in [2.24, 2.45) is 0 Å². The summed E-state index contributed by atoms with van der Waals surface area (Å²) in [5, 5.41) is 16.5. The molecule has 0 spiro atoms. The van der Waals surface area contributed by atoms with E-state index >= 15 is 0 Å². The third kappa shape index (κ3) is 4.24. The van der Waals surface area contributed by atoms with E-state index in [1.54, 1.807) is 20.8 Å². The number of hydrogen-bond acceptors (Lipinski definition) is 8. The van der Waals surface area contributed by atoms with Crippen LogP contribution in [0.1, 0.15) is 36.8 Å². The van der Waals surface area contributed by atoms with Gasteiger partial charge in [0, 0.05) is 11.8 Å². The van der Waals surface area contributed by atoms with E-state index in [4.69, 9.17) is 10.5 Å². The number of carbonyl (C=O) groups excluding carboxylic acids is 1. The molecule has 9 heteroatoms. The minimum atomic E-state index is -0.671. The highest BCUT2D eigenvalue weighted by molar-refractivity contribution is 5.94. The molecule has 0 unspecified atom stereocenters. The number of hydrogen-bond donors (Lipinski definition) is 2. The van der Waals surface area contributed by atoms with Gasteiger partial charge in [-0.1, -0.05) is 18.2 Å². The van der Waals surface area contributed by atoms with E-state index in [2.05, 4.69) is 20.4 Å². The minimum Gasteiger partial charge on any atom is -0.456 e. The number of ether oxygens (including phenoxy) is 1. The average Bonchev–Trinajstić information content (AvgIpc) is 3.02. The standard InChI is InChI=1S/C19H19N7O2/c1-19(2,3)28-17(27)14-11-22-26(16(14)21)18-24-13(10-20)9-15(25-18)23-12-7-5-4-6-8-12/h4-9,11H,21H2,1-3H3,(H,23,24,25). The zero-order chi connectivity index (χ0) is 20.3. The van der Waals surface area contributed by atoms with Gasteiger partial charge in [0.15, 0.2) is 0 Å². The summed E-state index contributed by atoms with van der Waals surface area (Å²) in [5.74, 6) is -0.128. The molecule has 0 aliphatic carbocycles. The van der Waals surface area contributed by atoms with Crippen molar-refractivity contribution >= 4 is 23.3 Å². The summed E-state index contributed by atoms with van der Waals surface area (Å²) in [6.45, 7) is 5.27. The average molecular weight is 377 g/mol. The van der Waals surface area contributed by atoms with E-state index < -0.39 is 11.6 Å². The Morgan fingerprint density at radius 3 is 2.61 bits per heavy atom. The van der Waals surface area contributed by atoms with Crippen LogP contribution in [-0.4, -0.2) is 31.3 Å². The molecule has 28 heavy (non-hydrogen) atoms. The van der Waals surface area contributed by atoms with Gasteiger partial charge in [-0.3, -0.25) is 0 Å². The van der Waals surface area contributed by atoms with Gasteiger partial charge >= 0.3 is 5.97 Å². The van der Waals surface area contributed by atoms with Crippen LogP contribution in [0.3, 0.4) is 0 Å². The highest BCUT2D eigenvalue weighted by Crippen LogP contribution is 2.21. The maximum absolute atomic E-state index is 12.3. The van der Waals surface area contributed by atoms with Gasteiger partial charge in [0.1, 0.15) is 34.6 Å². The van der Waals surface area contributed by atoms with Gasteiger partial charge < -0.3 is 15.8 Å². The number of benzene rings is 1. The zero-order valence-corrected chi connectivity index (χ0v) is 15.7. The molecule has 1 aromatic carbocycles. The summed E-state index contributed by atoms with van der Waals surface area (Å²) >= 11 is 0. The Bertz CT molecular complexity index is 1050. The second kappa shape index (κ2) is 7.36. The number of carbonyl (C=O) groups is 1. The van der Waals surface area contributed by atoms with Crippen LogP contribution < -0.4 is 11.1 Å². The fraction of sp³-hybridized carbons (Fsp3) is 0.211. The lowest BCUT2D eigenvalue weighted by molar-refractivity contribution is 0.00708. The van der Waals surface area contributed by atoms with Gasteiger partial charge in [-0.25, -0.2) is 4.79 Å². The van der Waals surface area contributed by atoms with Gasteiger partial charge in [0.2, 0.25) is 0 Å². The number of nitrogens with zero attached hydrogens (tertiary/aromatic N) is 5. The molecule has 0 saturated carbocycles. The Morgan fingerprint density at radius 2 is 1.96 bits per heavy atom. The van der Waals surface area contributed by atoms with Crippen LogP contribution >= 0.6 is 0 Å². The second-order valence-corrected chi connectivity index (χ2v) is 6.90. The van der Waals surface area contributed by atoms with Crippen molar-refractivity contribution in [3.05, 3.63) is 53.9 Å². The number of para-hydroxylation sites is 1. The normalized spacial score (nSPS) is 10.9. The van der Waals surface area contributed by atoms with Gasteiger partial charge in [-0.05, 0) is 32.9 Å². The first-order valence-corrected chi connectivity index (χ1v) is 8.45. The first-order chi connectivity index (χ1) is 13.3. The quantitative estimate of drug-likeness (QED) is 0.663. The Balaban J connectivity index is 1.97. The summed E-state index contributed by atoms with van der Waals surface area (Å²) < 4.78 is 6.51. The molecule has 9 nitrogen and oxygen atoms in total. The van der Waals surface area contributed by atoms with E-state index in [1.807, 2.05) is 36.4 Å². The zero-order valence-electron chi connectivity index (χ0n) is 15.7. The van der Waals surface area contributed by atoms with Crippen LogP contribution in [0.4, 0.5) is 17.3 Å². The number of rotatable bonds is 4. The number of aromatic nitrogens is 4. The number of nitriles is 1. The summed E-state index contributed by atoms with van der Waals surface area (Å²) in [7, 11) is 0. The molecular formula is C19H19N7O2. The third-order valence-corrected chi connectivity index (χ3v) is 3.49. The molecule has 142 valence electrons. The first kappa shape index (κ1) is 18.8. The predicted molar refractivity (Wildman–Crippen MR) is 103 cm³/mol. The molecule has 0 radical (unpaired) electrons. The topological polar surface area (TPSA) is 132 Å². The largest absolute Gasteiger partial charge is 0.456 e. The van der Waals surface area contributed by atoms with E-state index in [-0.39, 0.29) is 23.0 Å². The molecule has 0 bridgehead atoms. The maximum atomic E-state index is 12.3. The Kier molecular flexibility index (Phi) is 4.96. The van der Waals surface area contributed by atoms with E-state index in [9.17, 15) is 10.1 Å². The summed E-state index contributed by atoms with van der Waals surface area (Å²) in [4.78, 5) is 20.8. The highest BCUT2D eigenvalue weighted by atomic mass is 16.6. The number of nitrogens with two attached hydrogens (primary N) is 1. The lowest BCUT2D eigenvalue weighted by atomic mass is 10.2. The van der Waals surface area contributed by atoms with Crippen molar-refractivity contribution in [1.29, 1.82) is 5.26 Å². The summed E-state index contributed by atoms with van der Waals surface area (Å²) in [5.41, 5.74) is 6.40. The second-order valence-electron chi connectivity index (χ2n) is 6.90. The number of nitrogen functional groups attached to an aromatic ring is 1. The van der Waals surface area contributed by atoms with Crippen LogP contribution in [0.2, 0.25) is 0 Å². The summed E-state index contributed by atoms with van der Waals surface area (Å²) in [6.07, 6.45) is 1.29. The smallest absolute Gasteiger partial charge is 0.344 e. The molecular weight excluding hydrogens is 358 g/mol. The van der Waals surface area contributed by atoms with Gasteiger partial charge in [0.25, 0.3) is 5.95 Å². The maximum Gasteiger partial charge on any atom is 0.344 e. The fourth-order valence-electron chi connectivity index (χ4n) is 2.33. The van der Waals surface area contributed by atoms with Crippen molar-refractivity contribution in [2.75, 3.05) is 11.1 Å². The Labute approximate surface area is 161 Å². The van der Waals surface area contributed by atoms with Gasteiger partial charge in [-0.2, -0.15) is 25.0 Å². The van der Waals surface area contributed by atoms with Gasteiger partial charge in [0.05, 0.1) is 6.20 Å². The van der Waals surface area contributed by atoms with E-state index in [0.717, 1.165) is 5.69 Å². The minimum absolute atomic E-state index is 0.0231. The molecule has 3 aromatic rings. The van der Waals surface area contributed by atoms with Crippen LogP contribution in [-0.2, 0) is 4.74 Å². The van der Waals surface area contributed by atoms with Crippen LogP contribution in [0.25, 0.3) is 5.95 Å². The monoisotopic (exact) mass is 377 g/mol. The number of anilines is 3. The summed E-state index contributed by atoms with van der Waals surface area (Å²) in [6, 6.07) is 12.8. The van der Waals surface area contributed by atoms with Crippen molar-refractivity contribution in [1.82, 2.24) is 19.7 Å². The molecule has 3 N–H and O–H groups in total. The lowest BCUT2D eigenvalue weighted by Crippen LogP contribution is -2.24.